The first-order valence-corrected chi connectivity index (χ1v) is 6.68. The van der Waals surface area contributed by atoms with Crippen LogP contribution in [0.25, 0.3) is 22.3 Å². The molecule has 2 heterocycles. The van der Waals surface area contributed by atoms with Gasteiger partial charge in [0.25, 0.3) is 0 Å². The number of nitrogens with one attached hydrogen (secondary N) is 1. The summed E-state index contributed by atoms with van der Waals surface area (Å²) in [6, 6.07) is 7.92. The van der Waals surface area contributed by atoms with E-state index in [4.69, 9.17) is 8.83 Å². The zero-order valence-electron chi connectivity index (χ0n) is 11.9. The molecule has 0 unspecified atom stereocenters. The molecule has 3 aromatic rings. The number of nitrogens with zero attached hydrogens (tertiary/aromatic N) is 1. The predicted molar refractivity (Wildman–Crippen MR) is 78.3 cm³/mol. The fourth-order valence-corrected chi connectivity index (χ4v) is 2.12. The summed E-state index contributed by atoms with van der Waals surface area (Å²) in [5.41, 5.74) is 2.73. The molecule has 104 valence electrons. The van der Waals surface area contributed by atoms with E-state index in [1.54, 1.807) is 6.26 Å². The van der Waals surface area contributed by atoms with Crippen LogP contribution < -0.4 is 5.32 Å². The number of hydrogen-bond donors (Lipinski definition) is 1. The van der Waals surface area contributed by atoms with Crippen LogP contribution in [0.2, 0.25) is 0 Å². The number of fused-ring (bicyclic) bond motifs is 1. The van der Waals surface area contributed by atoms with Gasteiger partial charge in [0.05, 0.1) is 5.56 Å². The van der Waals surface area contributed by atoms with Gasteiger partial charge in [-0.2, -0.15) is 0 Å². The number of furan rings is 1. The van der Waals surface area contributed by atoms with Gasteiger partial charge in [0.2, 0.25) is 0 Å². The van der Waals surface area contributed by atoms with Gasteiger partial charge < -0.3 is 14.2 Å². The highest BCUT2D eigenvalue weighted by Crippen LogP contribution is 2.32. The maximum Gasteiger partial charge on any atom is 0.181 e. The molecule has 0 fully saturated rings. The highest BCUT2D eigenvalue weighted by molar-refractivity contribution is 5.92. The van der Waals surface area contributed by atoms with Crippen molar-refractivity contribution in [2.24, 2.45) is 0 Å². The number of aromatic nitrogens is 1. The van der Waals surface area contributed by atoms with E-state index in [0.29, 0.717) is 6.54 Å². The van der Waals surface area contributed by atoms with Gasteiger partial charge in [0.15, 0.2) is 12.2 Å². The molecule has 0 aliphatic rings. The van der Waals surface area contributed by atoms with Crippen LogP contribution in [-0.2, 0) is 6.54 Å². The van der Waals surface area contributed by atoms with Crippen molar-refractivity contribution >= 4 is 11.0 Å². The smallest absolute Gasteiger partial charge is 0.181 e. The Bertz CT molecular complexity index is 719. The van der Waals surface area contributed by atoms with Crippen LogP contribution in [0.4, 0.5) is 0 Å². The molecule has 0 aliphatic carbocycles. The first-order valence-electron chi connectivity index (χ1n) is 6.68. The van der Waals surface area contributed by atoms with Gasteiger partial charge in [-0.05, 0) is 26.8 Å². The first-order chi connectivity index (χ1) is 9.54. The van der Waals surface area contributed by atoms with E-state index in [0.717, 1.165) is 28.0 Å². The molecule has 0 saturated heterocycles. The van der Waals surface area contributed by atoms with Crippen LogP contribution in [0.5, 0.6) is 0 Å². The number of benzene rings is 1. The van der Waals surface area contributed by atoms with Gasteiger partial charge in [0.1, 0.15) is 17.5 Å². The molecule has 0 amide bonds. The van der Waals surface area contributed by atoms with Crippen molar-refractivity contribution in [2.75, 3.05) is 0 Å². The van der Waals surface area contributed by atoms with Gasteiger partial charge >= 0.3 is 0 Å². The molecule has 0 radical (unpaired) electrons. The Hall–Kier alpha value is -2.07. The Morgan fingerprint density at radius 1 is 1.15 bits per heavy atom. The predicted octanol–water partition coefficient (Wildman–Crippen LogP) is 3.98. The number of para-hydroxylation sites is 1. The third-order valence-electron chi connectivity index (χ3n) is 3.15. The Morgan fingerprint density at radius 2 is 1.95 bits per heavy atom. The van der Waals surface area contributed by atoms with Crippen molar-refractivity contribution in [1.82, 2.24) is 10.3 Å². The second-order valence-electron chi connectivity index (χ2n) is 5.88. The molecule has 0 bridgehead atoms. The molecule has 1 N–H and O–H groups in total. The summed E-state index contributed by atoms with van der Waals surface area (Å²) in [7, 11) is 0. The lowest BCUT2D eigenvalue weighted by Gasteiger charge is -2.19. The zero-order valence-corrected chi connectivity index (χ0v) is 11.9. The van der Waals surface area contributed by atoms with Gasteiger partial charge in [-0.3, -0.25) is 0 Å². The molecule has 0 aliphatic heterocycles. The maximum absolute atomic E-state index is 5.57. The molecule has 1 aromatic carbocycles. The monoisotopic (exact) mass is 270 g/mol. The lowest BCUT2D eigenvalue weighted by molar-refractivity contribution is 0.421. The van der Waals surface area contributed by atoms with Gasteiger partial charge in [-0.1, -0.05) is 18.2 Å². The minimum Gasteiger partial charge on any atom is -0.464 e. The van der Waals surface area contributed by atoms with E-state index in [1.807, 2.05) is 24.3 Å². The van der Waals surface area contributed by atoms with E-state index in [-0.39, 0.29) is 5.54 Å². The highest BCUT2D eigenvalue weighted by Gasteiger charge is 2.18. The number of hydrogen-bond acceptors (Lipinski definition) is 4. The van der Waals surface area contributed by atoms with Crippen molar-refractivity contribution in [3.63, 3.8) is 0 Å². The lowest BCUT2D eigenvalue weighted by Crippen LogP contribution is -2.35. The summed E-state index contributed by atoms with van der Waals surface area (Å²) in [4.78, 5) is 4.31. The van der Waals surface area contributed by atoms with E-state index in [2.05, 4.69) is 31.1 Å². The fraction of sp³-hybridized carbons (Fsp3) is 0.312. The van der Waals surface area contributed by atoms with Gasteiger partial charge in [0, 0.05) is 17.5 Å². The van der Waals surface area contributed by atoms with E-state index in [1.165, 1.54) is 6.39 Å². The Balaban J connectivity index is 1.97. The third-order valence-corrected chi connectivity index (χ3v) is 3.15. The molecular weight excluding hydrogens is 252 g/mol. The highest BCUT2D eigenvalue weighted by atomic mass is 16.3. The Kier molecular flexibility index (Phi) is 3.10. The topological polar surface area (TPSA) is 51.2 Å². The van der Waals surface area contributed by atoms with Crippen LogP contribution in [0.3, 0.4) is 0 Å². The number of rotatable bonds is 3. The largest absolute Gasteiger partial charge is 0.464 e. The molecule has 4 heteroatoms. The standard InChI is InChI=1S/C16H18N2O2/c1-16(2,3)18-8-13-15(20-10-17-13)12-9-19-14-7-5-4-6-11(12)14/h4-7,9-10,18H,8H2,1-3H3. The van der Waals surface area contributed by atoms with E-state index >= 15 is 0 Å². The number of oxazole rings is 1. The second-order valence-corrected chi connectivity index (χ2v) is 5.88. The lowest BCUT2D eigenvalue weighted by atomic mass is 10.1. The summed E-state index contributed by atoms with van der Waals surface area (Å²) < 4.78 is 11.1. The quantitative estimate of drug-likeness (QED) is 0.782. The molecule has 4 nitrogen and oxygen atoms in total. The molecular formula is C16H18N2O2. The summed E-state index contributed by atoms with van der Waals surface area (Å²) in [5.74, 6) is 0.770. The molecule has 0 saturated carbocycles. The van der Waals surface area contributed by atoms with Gasteiger partial charge in [-0.25, -0.2) is 4.98 Å². The Morgan fingerprint density at radius 3 is 2.75 bits per heavy atom. The maximum atomic E-state index is 5.57. The van der Waals surface area contributed by atoms with Crippen molar-refractivity contribution in [1.29, 1.82) is 0 Å². The van der Waals surface area contributed by atoms with Crippen LogP contribution in [0.15, 0.2) is 45.8 Å². The van der Waals surface area contributed by atoms with Crippen LogP contribution in [0, 0.1) is 0 Å². The minimum atomic E-state index is 0.0364. The van der Waals surface area contributed by atoms with Crippen molar-refractivity contribution in [2.45, 2.75) is 32.9 Å². The minimum absolute atomic E-state index is 0.0364. The SMILES string of the molecule is CC(C)(C)NCc1ncoc1-c1coc2ccccc12. The summed E-state index contributed by atoms with van der Waals surface area (Å²) >= 11 is 0. The zero-order chi connectivity index (χ0) is 14.2. The van der Waals surface area contributed by atoms with Crippen LogP contribution >= 0.6 is 0 Å². The summed E-state index contributed by atoms with van der Waals surface area (Å²) in [6.07, 6.45) is 3.21. The molecule has 2 aromatic heterocycles. The molecule has 0 spiro atoms. The summed E-state index contributed by atoms with van der Waals surface area (Å²) in [5, 5.41) is 4.46. The van der Waals surface area contributed by atoms with Crippen LogP contribution in [0.1, 0.15) is 26.5 Å². The summed E-state index contributed by atoms with van der Waals surface area (Å²) in [6.45, 7) is 7.04. The normalized spacial score (nSPS) is 12.2. The van der Waals surface area contributed by atoms with Crippen molar-refractivity contribution < 1.29 is 8.83 Å². The van der Waals surface area contributed by atoms with Crippen LogP contribution in [-0.4, -0.2) is 10.5 Å². The second kappa shape index (κ2) is 4.80. The van der Waals surface area contributed by atoms with Crippen molar-refractivity contribution in [3.05, 3.63) is 42.6 Å². The molecule has 3 rings (SSSR count). The first kappa shape index (κ1) is 12.9. The van der Waals surface area contributed by atoms with Crippen molar-refractivity contribution in [3.8, 4) is 11.3 Å². The fourth-order valence-electron chi connectivity index (χ4n) is 2.12. The molecule has 0 atom stereocenters. The van der Waals surface area contributed by atoms with Gasteiger partial charge in [-0.15, -0.1) is 0 Å². The van der Waals surface area contributed by atoms with E-state index < -0.39 is 0 Å². The Labute approximate surface area is 117 Å². The molecule has 20 heavy (non-hydrogen) atoms. The average Bonchev–Trinajstić information content (AvgIpc) is 3.01. The average molecular weight is 270 g/mol. The van der Waals surface area contributed by atoms with E-state index in [9.17, 15) is 0 Å². The third kappa shape index (κ3) is 2.47.